The van der Waals surface area contributed by atoms with Gasteiger partial charge in [0.15, 0.2) is 0 Å². The molecule has 0 radical (unpaired) electrons. The van der Waals surface area contributed by atoms with Crippen LogP contribution in [0.3, 0.4) is 0 Å². The van der Waals surface area contributed by atoms with E-state index in [0.717, 1.165) is 35.6 Å². The molecule has 1 aliphatic rings. The highest BCUT2D eigenvalue weighted by Crippen LogP contribution is 2.32. The first kappa shape index (κ1) is 26.3. The van der Waals surface area contributed by atoms with Crippen LogP contribution < -0.4 is 10.0 Å². The Labute approximate surface area is 225 Å². The van der Waals surface area contributed by atoms with Gasteiger partial charge in [-0.2, -0.15) is 0 Å². The molecule has 0 aliphatic carbocycles. The summed E-state index contributed by atoms with van der Waals surface area (Å²) in [6.45, 7) is 9.92. The maximum atomic E-state index is 12.9. The summed E-state index contributed by atoms with van der Waals surface area (Å²) in [6.07, 6.45) is 4.14. The highest BCUT2D eigenvalue weighted by molar-refractivity contribution is 7.89. The zero-order chi connectivity index (χ0) is 27.1. The molecule has 1 saturated heterocycles. The Bertz CT molecular complexity index is 1560. The van der Waals surface area contributed by atoms with Crippen molar-refractivity contribution in [3.63, 3.8) is 0 Å². The number of hydrogen-bond donors (Lipinski definition) is 2. The van der Waals surface area contributed by atoms with E-state index in [2.05, 4.69) is 52.1 Å². The van der Waals surface area contributed by atoms with Crippen molar-refractivity contribution >= 4 is 27.2 Å². The Hall–Kier alpha value is -3.27. The van der Waals surface area contributed by atoms with Crippen LogP contribution in [0.25, 0.3) is 16.8 Å². The summed E-state index contributed by atoms with van der Waals surface area (Å²) in [6, 6.07) is 17.3. The second-order valence-electron chi connectivity index (χ2n) is 11.3. The van der Waals surface area contributed by atoms with E-state index < -0.39 is 15.6 Å². The average molecular weight is 533 g/mol. The Morgan fingerprint density at radius 3 is 2.47 bits per heavy atom. The van der Waals surface area contributed by atoms with E-state index in [4.69, 9.17) is 5.10 Å². The van der Waals surface area contributed by atoms with E-state index in [1.807, 2.05) is 39.0 Å². The molecular formula is C29H36N6O2S. The smallest absolute Gasteiger partial charge is 0.245 e. The van der Waals surface area contributed by atoms with Gasteiger partial charge in [0.1, 0.15) is 0 Å². The van der Waals surface area contributed by atoms with Crippen molar-refractivity contribution in [2.75, 3.05) is 25.5 Å². The number of nitrogens with zero attached hydrogens (tertiary/aromatic N) is 4. The van der Waals surface area contributed by atoms with Crippen LogP contribution in [0.2, 0.25) is 0 Å². The molecule has 2 N–H and O–H groups in total. The van der Waals surface area contributed by atoms with Gasteiger partial charge in [0, 0.05) is 16.8 Å². The summed E-state index contributed by atoms with van der Waals surface area (Å²) in [5.41, 5.74) is 5.41. The Balaban J connectivity index is 1.41. The second-order valence-corrected chi connectivity index (χ2v) is 13.0. The normalized spacial score (nSPS) is 15.7. The van der Waals surface area contributed by atoms with E-state index in [-0.39, 0.29) is 4.90 Å². The van der Waals surface area contributed by atoms with Crippen molar-refractivity contribution in [1.82, 2.24) is 24.2 Å². The van der Waals surface area contributed by atoms with E-state index in [1.54, 1.807) is 28.9 Å². The predicted molar refractivity (Wildman–Crippen MR) is 152 cm³/mol. The first-order chi connectivity index (χ1) is 18.0. The monoisotopic (exact) mass is 532 g/mol. The maximum Gasteiger partial charge on any atom is 0.245 e. The van der Waals surface area contributed by atoms with Gasteiger partial charge in [0.05, 0.1) is 22.3 Å². The zero-order valence-electron chi connectivity index (χ0n) is 22.7. The molecule has 9 heteroatoms. The molecule has 0 saturated carbocycles. The van der Waals surface area contributed by atoms with Crippen LogP contribution in [-0.4, -0.2) is 53.6 Å². The summed E-state index contributed by atoms with van der Waals surface area (Å²) in [7, 11) is -1.47. The number of aryl methyl sites for hydroxylation is 1. The molecule has 1 fully saturated rings. The number of sulfonamides is 1. The van der Waals surface area contributed by atoms with Gasteiger partial charge in [-0.25, -0.2) is 22.6 Å². The Kier molecular flexibility index (Phi) is 7.02. The van der Waals surface area contributed by atoms with Crippen molar-refractivity contribution in [2.45, 2.75) is 56.9 Å². The third-order valence-electron chi connectivity index (χ3n) is 6.96. The van der Waals surface area contributed by atoms with Crippen molar-refractivity contribution in [2.24, 2.45) is 0 Å². The number of piperidine rings is 1. The minimum Gasteiger partial charge on any atom is -0.323 e. The van der Waals surface area contributed by atoms with Gasteiger partial charge in [0.2, 0.25) is 16.0 Å². The van der Waals surface area contributed by atoms with Gasteiger partial charge in [-0.1, -0.05) is 18.2 Å². The fourth-order valence-electron chi connectivity index (χ4n) is 5.12. The van der Waals surface area contributed by atoms with E-state index in [1.165, 1.54) is 24.0 Å². The number of likely N-dealkylation sites (tertiary alicyclic amines) is 1. The number of nitrogens with one attached hydrogen (secondary N) is 2. The quantitative estimate of drug-likeness (QED) is 0.349. The van der Waals surface area contributed by atoms with Gasteiger partial charge < -0.3 is 10.2 Å². The predicted octanol–water partition coefficient (Wildman–Crippen LogP) is 5.33. The van der Waals surface area contributed by atoms with Crippen LogP contribution >= 0.6 is 0 Å². The number of rotatable bonds is 6. The van der Waals surface area contributed by atoms with Crippen molar-refractivity contribution in [1.29, 1.82) is 0 Å². The minimum absolute atomic E-state index is 0.215. The largest absolute Gasteiger partial charge is 0.323 e. The first-order valence-corrected chi connectivity index (χ1v) is 14.5. The third-order valence-corrected chi connectivity index (χ3v) is 8.72. The summed E-state index contributed by atoms with van der Waals surface area (Å²) >= 11 is 0. The maximum absolute atomic E-state index is 12.9. The molecule has 3 heterocycles. The molecule has 0 atom stereocenters. The lowest BCUT2D eigenvalue weighted by Crippen LogP contribution is -2.40. The number of benzene rings is 2. The van der Waals surface area contributed by atoms with Gasteiger partial charge in [0.25, 0.3) is 0 Å². The molecule has 1 aliphatic heterocycles. The lowest BCUT2D eigenvalue weighted by atomic mass is 9.87. The fourth-order valence-corrected chi connectivity index (χ4v) is 6.59. The zero-order valence-corrected chi connectivity index (χ0v) is 23.5. The number of aromatic nitrogens is 3. The van der Waals surface area contributed by atoms with E-state index in [0.29, 0.717) is 11.9 Å². The fraction of sp³-hybridized carbons (Fsp3) is 0.379. The Morgan fingerprint density at radius 1 is 1.00 bits per heavy atom. The summed E-state index contributed by atoms with van der Waals surface area (Å²) in [5, 5.41) is 8.08. The standard InChI is InChI=1S/C29H36N6O2S/c1-20-17-23(9-11-26(20)21-13-15-34(5)16-14-21)31-28-30-19-24-10-12-27(35(24)32-28)22-7-6-8-25(18-22)38(36,37)33-29(2,3)4/h6-12,17-19,21,33H,13-16H2,1-5H3,(H,31,32). The molecule has 0 unspecified atom stereocenters. The van der Waals surface area contributed by atoms with Gasteiger partial charge in [-0.05, 0) is 114 Å². The molecule has 38 heavy (non-hydrogen) atoms. The minimum atomic E-state index is -3.66. The Morgan fingerprint density at radius 2 is 1.76 bits per heavy atom. The number of fused-ring (bicyclic) bond motifs is 1. The van der Waals surface area contributed by atoms with Crippen LogP contribution in [0.5, 0.6) is 0 Å². The molecule has 2 aromatic heterocycles. The summed E-state index contributed by atoms with van der Waals surface area (Å²) in [4.78, 5) is 7.11. The van der Waals surface area contributed by atoms with E-state index in [9.17, 15) is 8.42 Å². The molecule has 8 nitrogen and oxygen atoms in total. The molecule has 5 rings (SSSR count). The third kappa shape index (κ3) is 5.75. The lowest BCUT2D eigenvalue weighted by Gasteiger charge is -2.30. The summed E-state index contributed by atoms with van der Waals surface area (Å²) in [5.74, 6) is 1.08. The molecule has 200 valence electrons. The van der Waals surface area contributed by atoms with E-state index >= 15 is 0 Å². The summed E-state index contributed by atoms with van der Waals surface area (Å²) < 4.78 is 30.3. The van der Waals surface area contributed by atoms with Crippen molar-refractivity contribution in [3.05, 3.63) is 71.9 Å². The topological polar surface area (TPSA) is 91.6 Å². The van der Waals surface area contributed by atoms with Crippen LogP contribution in [0.4, 0.5) is 11.6 Å². The van der Waals surface area contributed by atoms with Crippen LogP contribution in [0, 0.1) is 6.92 Å². The number of hydrogen-bond acceptors (Lipinski definition) is 6. The first-order valence-electron chi connectivity index (χ1n) is 13.0. The molecular weight excluding hydrogens is 496 g/mol. The molecule has 0 bridgehead atoms. The SMILES string of the molecule is Cc1cc(Nc2ncc3ccc(-c4cccc(S(=O)(=O)NC(C)(C)C)c4)n3n2)ccc1C1CCN(C)CC1. The molecule has 0 spiro atoms. The highest BCUT2D eigenvalue weighted by atomic mass is 32.2. The molecule has 2 aromatic carbocycles. The van der Waals surface area contributed by atoms with Gasteiger partial charge in [-0.15, -0.1) is 5.10 Å². The highest BCUT2D eigenvalue weighted by Gasteiger charge is 2.23. The van der Waals surface area contributed by atoms with Crippen molar-refractivity contribution in [3.8, 4) is 11.3 Å². The average Bonchev–Trinajstić information content (AvgIpc) is 3.27. The van der Waals surface area contributed by atoms with Crippen LogP contribution in [0.1, 0.15) is 50.7 Å². The molecule has 0 amide bonds. The lowest BCUT2D eigenvalue weighted by molar-refractivity contribution is 0.255. The second kappa shape index (κ2) is 10.1. The van der Waals surface area contributed by atoms with Gasteiger partial charge >= 0.3 is 0 Å². The number of anilines is 2. The van der Waals surface area contributed by atoms with Gasteiger partial charge in [-0.3, -0.25) is 0 Å². The molecule has 4 aromatic rings. The van der Waals surface area contributed by atoms with Crippen LogP contribution in [0.15, 0.2) is 65.7 Å². The van der Waals surface area contributed by atoms with Crippen LogP contribution in [-0.2, 0) is 10.0 Å². The van der Waals surface area contributed by atoms with Crippen molar-refractivity contribution < 1.29 is 8.42 Å².